The molecule has 23 heavy (non-hydrogen) atoms. The molecule has 0 spiro atoms. The van der Waals surface area contributed by atoms with Crippen molar-refractivity contribution in [3.8, 4) is 0 Å². The van der Waals surface area contributed by atoms with Crippen molar-refractivity contribution in [3.63, 3.8) is 0 Å². The van der Waals surface area contributed by atoms with Gasteiger partial charge in [-0.15, -0.1) is 0 Å². The maximum atomic E-state index is 12.6. The van der Waals surface area contributed by atoms with Gasteiger partial charge in [-0.1, -0.05) is 30.3 Å². The maximum absolute atomic E-state index is 12.6. The van der Waals surface area contributed by atoms with Crippen LogP contribution in [0.25, 0.3) is 0 Å². The summed E-state index contributed by atoms with van der Waals surface area (Å²) in [6.07, 6.45) is 2.74. The highest BCUT2D eigenvalue weighted by Crippen LogP contribution is 2.22. The summed E-state index contributed by atoms with van der Waals surface area (Å²) in [6, 6.07) is 9.84. The number of imide groups is 1. The number of carbonyl (C=O) groups excluding carboxylic acids is 3. The van der Waals surface area contributed by atoms with Crippen molar-refractivity contribution in [3.05, 3.63) is 35.9 Å². The average Bonchev–Trinajstić information content (AvgIpc) is 3.09. The summed E-state index contributed by atoms with van der Waals surface area (Å²) in [4.78, 5) is 40.5. The number of benzene rings is 1. The fourth-order valence-corrected chi connectivity index (χ4v) is 3.31. The maximum Gasteiger partial charge on any atom is 0.327 e. The summed E-state index contributed by atoms with van der Waals surface area (Å²) in [7, 11) is 1.57. The Morgan fingerprint density at radius 1 is 1.22 bits per heavy atom. The molecule has 1 unspecified atom stereocenters. The third-order valence-corrected chi connectivity index (χ3v) is 4.54. The number of hydrogen-bond acceptors (Lipinski definition) is 3. The Kier molecular flexibility index (Phi) is 4.32. The lowest BCUT2D eigenvalue weighted by Gasteiger charge is -2.26. The summed E-state index contributed by atoms with van der Waals surface area (Å²) in [6.45, 7) is 0.606. The van der Waals surface area contributed by atoms with E-state index in [1.54, 1.807) is 7.05 Å². The van der Waals surface area contributed by atoms with Crippen LogP contribution in [0.5, 0.6) is 0 Å². The topological polar surface area (TPSA) is 60.9 Å². The Bertz CT molecular complexity index is 617. The first-order valence-electron chi connectivity index (χ1n) is 7.95. The predicted octanol–water partition coefficient (Wildman–Crippen LogP) is 1.11. The first-order valence-corrected chi connectivity index (χ1v) is 7.95. The van der Waals surface area contributed by atoms with Crippen LogP contribution in [0.4, 0.5) is 4.79 Å². The molecule has 2 saturated heterocycles. The molecule has 0 bridgehead atoms. The highest BCUT2D eigenvalue weighted by molar-refractivity contribution is 6.04. The third kappa shape index (κ3) is 3.21. The number of amides is 4. The number of likely N-dealkylation sites (tertiary alicyclic amines) is 1. The number of urea groups is 1. The quantitative estimate of drug-likeness (QED) is 0.782. The van der Waals surface area contributed by atoms with E-state index in [9.17, 15) is 14.4 Å². The van der Waals surface area contributed by atoms with Gasteiger partial charge in [0.2, 0.25) is 5.91 Å². The molecule has 0 aromatic heterocycles. The van der Waals surface area contributed by atoms with E-state index < -0.39 is 0 Å². The largest absolute Gasteiger partial charge is 0.338 e. The molecule has 0 N–H and O–H groups in total. The molecule has 0 saturated carbocycles. The molecule has 0 aliphatic carbocycles. The van der Waals surface area contributed by atoms with Gasteiger partial charge in [0.05, 0.1) is 0 Å². The van der Waals surface area contributed by atoms with Crippen LogP contribution in [0, 0.1) is 0 Å². The van der Waals surface area contributed by atoms with Crippen LogP contribution in [0.15, 0.2) is 30.3 Å². The van der Waals surface area contributed by atoms with Gasteiger partial charge in [0.1, 0.15) is 13.1 Å². The normalized spacial score (nSPS) is 21.4. The van der Waals surface area contributed by atoms with Gasteiger partial charge >= 0.3 is 6.03 Å². The van der Waals surface area contributed by atoms with Gasteiger partial charge in [-0.05, 0) is 24.8 Å². The second kappa shape index (κ2) is 6.40. The van der Waals surface area contributed by atoms with Crippen LogP contribution in [-0.4, -0.2) is 65.3 Å². The Morgan fingerprint density at radius 2 is 1.96 bits per heavy atom. The number of nitrogens with zero attached hydrogens (tertiary/aromatic N) is 3. The molecule has 122 valence electrons. The van der Waals surface area contributed by atoms with Gasteiger partial charge in [0.25, 0.3) is 5.91 Å². The first kappa shape index (κ1) is 15.5. The molecular weight excluding hydrogens is 294 g/mol. The molecule has 3 rings (SSSR count). The minimum atomic E-state index is -0.387. The molecule has 1 atom stereocenters. The summed E-state index contributed by atoms with van der Waals surface area (Å²) in [5.74, 6) is -0.440. The minimum Gasteiger partial charge on any atom is -0.338 e. The molecule has 2 aliphatic rings. The van der Waals surface area contributed by atoms with Gasteiger partial charge < -0.3 is 9.80 Å². The van der Waals surface area contributed by atoms with Crippen molar-refractivity contribution in [1.82, 2.24) is 14.7 Å². The average molecular weight is 315 g/mol. The number of likely N-dealkylation sites (N-methyl/N-ethyl adjacent to an activating group) is 1. The fraction of sp³-hybridized carbons (Fsp3) is 0.471. The SMILES string of the molecule is CN1CC(=O)N(CC(=O)N2CCCC2Cc2ccccc2)C1=O. The Morgan fingerprint density at radius 3 is 2.61 bits per heavy atom. The van der Waals surface area contributed by atoms with E-state index in [0.717, 1.165) is 24.2 Å². The standard InChI is InChI=1S/C17H21N3O3/c1-18-11-15(21)20(17(18)23)12-16(22)19-9-5-8-14(19)10-13-6-3-2-4-7-13/h2-4,6-7,14H,5,8-12H2,1H3. The van der Waals surface area contributed by atoms with Gasteiger partial charge in [0, 0.05) is 19.6 Å². The highest BCUT2D eigenvalue weighted by atomic mass is 16.2. The lowest BCUT2D eigenvalue weighted by atomic mass is 10.0. The van der Waals surface area contributed by atoms with E-state index in [-0.39, 0.29) is 37.0 Å². The van der Waals surface area contributed by atoms with Crippen LogP contribution in [0.1, 0.15) is 18.4 Å². The second-order valence-electron chi connectivity index (χ2n) is 6.19. The molecule has 4 amide bonds. The van der Waals surface area contributed by atoms with Crippen LogP contribution < -0.4 is 0 Å². The van der Waals surface area contributed by atoms with Gasteiger partial charge in [-0.25, -0.2) is 4.79 Å². The predicted molar refractivity (Wildman–Crippen MR) is 84.6 cm³/mol. The van der Waals surface area contributed by atoms with E-state index in [2.05, 4.69) is 12.1 Å². The zero-order valence-electron chi connectivity index (χ0n) is 13.3. The van der Waals surface area contributed by atoms with Crippen molar-refractivity contribution in [2.45, 2.75) is 25.3 Å². The zero-order chi connectivity index (χ0) is 16.4. The summed E-state index contributed by atoms with van der Waals surface area (Å²) < 4.78 is 0. The van der Waals surface area contributed by atoms with Crippen molar-refractivity contribution in [2.24, 2.45) is 0 Å². The van der Waals surface area contributed by atoms with Crippen molar-refractivity contribution in [1.29, 1.82) is 0 Å². The van der Waals surface area contributed by atoms with E-state index in [1.807, 2.05) is 23.1 Å². The van der Waals surface area contributed by atoms with E-state index in [0.29, 0.717) is 6.54 Å². The summed E-state index contributed by atoms with van der Waals surface area (Å²) >= 11 is 0. The Balaban J connectivity index is 1.64. The molecule has 0 radical (unpaired) electrons. The Hall–Kier alpha value is -2.37. The third-order valence-electron chi connectivity index (χ3n) is 4.54. The molecule has 1 aromatic rings. The molecule has 2 fully saturated rings. The van der Waals surface area contributed by atoms with Gasteiger partial charge in [-0.3, -0.25) is 14.5 Å². The number of hydrogen-bond donors (Lipinski definition) is 0. The van der Waals surface area contributed by atoms with E-state index in [1.165, 1.54) is 10.5 Å². The molecular formula is C17H21N3O3. The molecule has 1 aromatic carbocycles. The summed E-state index contributed by atoms with van der Waals surface area (Å²) in [5, 5.41) is 0. The fourth-order valence-electron chi connectivity index (χ4n) is 3.31. The van der Waals surface area contributed by atoms with Crippen molar-refractivity contribution >= 4 is 17.8 Å². The zero-order valence-corrected chi connectivity index (χ0v) is 13.3. The van der Waals surface area contributed by atoms with Crippen LogP contribution in [0.2, 0.25) is 0 Å². The monoisotopic (exact) mass is 315 g/mol. The smallest absolute Gasteiger partial charge is 0.327 e. The minimum absolute atomic E-state index is 0.0551. The van der Waals surface area contributed by atoms with Crippen molar-refractivity contribution < 1.29 is 14.4 Å². The lowest BCUT2D eigenvalue weighted by molar-refractivity contribution is -0.137. The molecule has 2 heterocycles. The second-order valence-corrected chi connectivity index (χ2v) is 6.19. The summed E-state index contributed by atoms with van der Waals surface area (Å²) in [5.41, 5.74) is 1.20. The Labute approximate surface area is 135 Å². The number of carbonyl (C=O) groups is 3. The van der Waals surface area contributed by atoms with Gasteiger partial charge in [0.15, 0.2) is 0 Å². The van der Waals surface area contributed by atoms with E-state index in [4.69, 9.17) is 0 Å². The van der Waals surface area contributed by atoms with Crippen LogP contribution in [-0.2, 0) is 16.0 Å². The first-order chi connectivity index (χ1) is 11.1. The van der Waals surface area contributed by atoms with Crippen LogP contribution in [0.3, 0.4) is 0 Å². The lowest BCUT2D eigenvalue weighted by Crippen LogP contribution is -2.45. The molecule has 2 aliphatic heterocycles. The van der Waals surface area contributed by atoms with Crippen LogP contribution >= 0.6 is 0 Å². The number of rotatable bonds is 4. The van der Waals surface area contributed by atoms with Gasteiger partial charge in [-0.2, -0.15) is 0 Å². The van der Waals surface area contributed by atoms with E-state index >= 15 is 0 Å². The highest BCUT2D eigenvalue weighted by Gasteiger charge is 2.37. The van der Waals surface area contributed by atoms with Crippen molar-refractivity contribution in [2.75, 3.05) is 26.7 Å². The molecule has 6 nitrogen and oxygen atoms in total. The molecule has 6 heteroatoms.